The van der Waals surface area contributed by atoms with Crippen molar-refractivity contribution < 1.29 is 4.79 Å². The molecule has 1 aromatic rings. The van der Waals surface area contributed by atoms with Crippen LogP contribution in [0, 0.1) is 6.92 Å². The Bertz CT molecular complexity index is 326. The van der Waals surface area contributed by atoms with E-state index < -0.39 is 5.54 Å². The Morgan fingerprint density at radius 2 is 2.00 bits per heavy atom. The minimum absolute atomic E-state index is 0.0839. The summed E-state index contributed by atoms with van der Waals surface area (Å²) < 4.78 is 0. The topological polar surface area (TPSA) is 43.1 Å². The molecule has 0 saturated heterocycles. The first-order valence-electron chi connectivity index (χ1n) is 4.93. The minimum atomic E-state index is -0.669. The van der Waals surface area contributed by atoms with E-state index in [1.54, 1.807) is 0 Å². The lowest BCUT2D eigenvalue weighted by atomic mass is 9.88. The fourth-order valence-electron chi connectivity index (χ4n) is 1.37. The Morgan fingerprint density at radius 3 is 2.36 bits per heavy atom. The molecule has 3 heteroatoms. The van der Waals surface area contributed by atoms with Gasteiger partial charge in [0.05, 0.1) is 10.4 Å². The van der Waals surface area contributed by atoms with Crippen LogP contribution in [-0.4, -0.2) is 11.3 Å². The predicted molar refractivity (Wildman–Crippen MR) is 60.9 cm³/mol. The van der Waals surface area contributed by atoms with Crippen molar-refractivity contribution >= 4 is 17.1 Å². The van der Waals surface area contributed by atoms with E-state index in [9.17, 15) is 4.79 Å². The van der Waals surface area contributed by atoms with E-state index in [1.807, 2.05) is 32.9 Å². The molecule has 0 aliphatic heterocycles. The molecule has 1 rings (SSSR count). The molecule has 0 fully saturated rings. The van der Waals surface area contributed by atoms with Crippen LogP contribution in [0.5, 0.6) is 0 Å². The number of carbonyl (C=O) groups excluding carboxylic acids is 1. The van der Waals surface area contributed by atoms with Crippen LogP contribution in [0.1, 0.15) is 41.2 Å². The van der Waals surface area contributed by atoms with E-state index in [4.69, 9.17) is 5.73 Å². The van der Waals surface area contributed by atoms with Crippen molar-refractivity contribution in [1.29, 1.82) is 0 Å². The van der Waals surface area contributed by atoms with Crippen LogP contribution in [0.2, 0.25) is 0 Å². The molecule has 2 nitrogen and oxygen atoms in total. The highest BCUT2D eigenvalue weighted by atomic mass is 32.1. The van der Waals surface area contributed by atoms with Crippen molar-refractivity contribution in [2.45, 2.75) is 39.2 Å². The van der Waals surface area contributed by atoms with Crippen LogP contribution in [0.15, 0.2) is 12.1 Å². The van der Waals surface area contributed by atoms with Crippen molar-refractivity contribution in [3.05, 3.63) is 21.9 Å². The number of aryl methyl sites for hydroxylation is 1. The second-order valence-electron chi connectivity index (χ2n) is 3.60. The van der Waals surface area contributed by atoms with Crippen molar-refractivity contribution in [1.82, 2.24) is 0 Å². The van der Waals surface area contributed by atoms with Crippen LogP contribution in [0.4, 0.5) is 0 Å². The third-order valence-corrected chi connectivity index (χ3v) is 3.68. The van der Waals surface area contributed by atoms with Gasteiger partial charge in [0.1, 0.15) is 0 Å². The molecule has 0 aromatic carbocycles. The van der Waals surface area contributed by atoms with Gasteiger partial charge in [0.25, 0.3) is 0 Å². The average Bonchev–Trinajstić information content (AvgIpc) is 2.62. The molecule has 14 heavy (non-hydrogen) atoms. The van der Waals surface area contributed by atoms with E-state index in [1.165, 1.54) is 11.3 Å². The smallest absolute Gasteiger partial charge is 0.192 e. The third kappa shape index (κ3) is 2.04. The third-order valence-electron chi connectivity index (χ3n) is 2.68. The quantitative estimate of drug-likeness (QED) is 0.778. The average molecular weight is 211 g/mol. The van der Waals surface area contributed by atoms with E-state index >= 15 is 0 Å². The van der Waals surface area contributed by atoms with E-state index in [2.05, 4.69) is 0 Å². The standard InChI is InChI=1S/C11H17NOS/c1-4-11(12,5-2)10(13)9-7-6-8(3)14-9/h6-7H,4-5,12H2,1-3H3. The number of rotatable bonds is 4. The number of thiophene rings is 1. The summed E-state index contributed by atoms with van der Waals surface area (Å²) in [5.41, 5.74) is 5.37. The van der Waals surface area contributed by atoms with Gasteiger partial charge in [-0.2, -0.15) is 0 Å². The van der Waals surface area contributed by atoms with Gasteiger partial charge in [0.2, 0.25) is 0 Å². The number of carbonyl (C=O) groups is 1. The molecule has 1 aromatic heterocycles. The molecule has 1 heterocycles. The number of nitrogens with two attached hydrogens (primary N) is 1. The summed E-state index contributed by atoms with van der Waals surface area (Å²) >= 11 is 1.52. The van der Waals surface area contributed by atoms with Gasteiger partial charge in [-0.1, -0.05) is 13.8 Å². The highest BCUT2D eigenvalue weighted by Gasteiger charge is 2.31. The Kier molecular flexibility index (Phi) is 3.45. The molecule has 2 N–H and O–H groups in total. The predicted octanol–water partition coefficient (Wildman–Crippen LogP) is 2.76. The molecule has 0 aliphatic carbocycles. The summed E-state index contributed by atoms with van der Waals surface area (Å²) in [4.78, 5) is 14.0. The van der Waals surface area contributed by atoms with Crippen molar-refractivity contribution in [2.75, 3.05) is 0 Å². The molecular weight excluding hydrogens is 194 g/mol. The van der Waals surface area contributed by atoms with Crippen LogP contribution < -0.4 is 5.73 Å². The van der Waals surface area contributed by atoms with Gasteiger partial charge < -0.3 is 5.73 Å². The molecule has 0 unspecified atom stereocenters. The number of Topliss-reactive ketones (excluding diaryl/α,β-unsaturated/α-hetero) is 1. The molecule has 0 radical (unpaired) electrons. The highest BCUT2D eigenvalue weighted by Crippen LogP contribution is 2.23. The molecule has 0 atom stereocenters. The molecule has 78 valence electrons. The largest absolute Gasteiger partial charge is 0.319 e. The zero-order valence-corrected chi connectivity index (χ0v) is 9.78. The lowest BCUT2D eigenvalue weighted by Gasteiger charge is -2.23. The van der Waals surface area contributed by atoms with Gasteiger partial charge in [-0.25, -0.2) is 0 Å². The molecule has 0 amide bonds. The molecule has 0 aliphatic rings. The summed E-state index contributed by atoms with van der Waals surface area (Å²) in [6.45, 7) is 5.92. The number of hydrogen-bond acceptors (Lipinski definition) is 3. The van der Waals surface area contributed by atoms with Gasteiger partial charge in [-0.15, -0.1) is 11.3 Å². The van der Waals surface area contributed by atoms with Gasteiger partial charge in [0.15, 0.2) is 5.78 Å². The van der Waals surface area contributed by atoms with E-state index in [0.29, 0.717) is 12.8 Å². The molecule has 0 spiro atoms. The van der Waals surface area contributed by atoms with Crippen LogP contribution >= 0.6 is 11.3 Å². The number of ketones is 1. The van der Waals surface area contributed by atoms with Crippen molar-refractivity contribution in [2.24, 2.45) is 5.73 Å². The monoisotopic (exact) mass is 211 g/mol. The maximum atomic E-state index is 12.0. The van der Waals surface area contributed by atoms with Gasteiger partial charge in [0, 0.05) is 4.88 Å². The summed E-state index contributed by atoms with van der Waals surface area (Å²) in [6, 6.07) is 3.83. The first-order valence-corrected chi connectivity index (χ1v) is 5.75. The van der Waals surface area contributed by atoms with Gasteiger partial charge >= 0.3 is 0 Å². The zero-order valence-electron chi connectivity index (χ0n) is 8.96. The van der Waals surface area contributed by atoms with Crippen LogP contribution in [0.3, 0.4) is 0 Å². The highest BCUT2D eigenvalue weighted by molar-refractivity contribution is 7.14. The molecule has 0 bridgehead atoms. The fraction of sp³-hybridized carbons (Fsp3) is 0.545. The fourth-order valence-corrected chi connectivity index (χ4v) is 2.29. The molecule has 0 saturated carbocycles. The normalized spacial score (nSPS) is 11.7. The van der Waals surface area contributed by atoms with Gasteiger partial charge in [-0.05, 0) is 31.9 Å². The SMILES string of the molecule is CCC(N)(CC)C(=O)c1ccc(C)s1. The first-order chi connectivity index (χ1) is 6.53. The van der Waals surface area contributed by atoms with Crippen molar-refractivity contribution in [3.8, 4) is 0 Å². The van der Waals surface area contributed by atoms with Crippen LogP contribution in [-0.2, 0) is 0 Å². The minimum Gasteiger partial charge on any atom is -0.319 e. The summed E-state index contributed by atoms with van der Waals surface area (Å²) in [5, 5.41) is 0. The zero-order chi connectivity index (χ0) is 10.8. The second kappa shape index (κ2) is 4.24. The Morgan fingerprint density at radius 1 is 1.43 bits per heavy atom. The first kappa shape index (κ1) is 11.4. The van der Waals surface area contributed by atoms with Crippen LogP contribution in [0.25, 0.3) is 0 Å². The van der Waals surface area contributed by atoms with E-state index in [-0.39, 0.29) is 5.78 Å². The number of hydrogen-bond donors (Lipinski definition) is 1. The summed E-state index contributed by atoms with van der Waals surface area (Å²) in [6.07, 6.45) is 1.39. The molecular formula is C11H17NOS. The van der Waals surface area contributed by atoms with E-state index in [0.717, 1.165) is 9.75 Å². The lowest BCUT2D eigenvalue weighted by molar-refractivity contribution is 0.0884. The summed E-state index contributed by atoms with van der Waals surface area (Å²) in [5.74, 6) is 0.0839. The maximum absolute atomic E-state index is 12.0. The Labute approximate surface area is 89.1 Å². The Balaban J connectivity index is 2.94. The van der Waals surface area contributed by atoms with Crippen molar-refractivity contribution in [3.63, 3.8) is 0 Å². The Hall–Kier alpha value is -0.670. The summed E-state index contributed by atoms with van der Waals surface area (Å²) in [7, 11) is 0. The maximum Gasteiger partial charge on any atom is 0.192 e. The second-order valence-corrected chi connectivity index (χ2v) is 4.89. The lowest BCUT2D eigenvalue weighted by Crippen LogP contribution is -2.46. The van der Waals surface area contributed by atoms with Gasteiger partial charge in [-0.3, -0.25) is 4.79 Å².